The van der Waals surface area contributed by atoms with Crippen LogP contribution in [0.5, 0.6) is 0 Å². The molecule has 3 unspecified atom stereocenters. The zero-order chi connectivity index (χ0) is 12.7. The minimum Gasteiger partial charge on any atom is -0.453 e. The van der Waals surface area contributed by atoms with E-state index >= 15 is 0 Å². The molecule has 2 saturated heterocycles. The summed E-state index contributed by atoms with van der Waals surface area (Å²) in [7, 11) is 1.44. The van der Waals surface area contributed by atoms with Crippen LogP contribution in [0.1, 0.15) is 30.7 Å². The van der Waals surface area contributed by atoms with Crippen LogP contribution in [0.25, 0.3) is 0 Å². The minimum atomic E-state index is -0.202. The van der Waals surface area contributed by atoms with Crippen molar-refractivity contribution < 1.29 is 9.53 Å². The molecule has 96 valence electrons. The Morgan fingerprint density at radius 3 is 3.00 bits per heavy atom. The Bertz CT molecular complexity index is 463. The summed E-state index contributed by atoms with van der Waals surface area (Å²) in [6, 6.07) is 4.40. The van der Waals surface area contributed by atoms with Gasteiger partial charge in [-0.05, 0) is 30.9 Å². The summed E-state index contributed by atoms with van der Waals surface area (Å²) in [6.45, 7) is 0. The Balaban J connectivity index is 1.85. The highest BCUT2D eigenvalue weighted by Crippen LogP contribution is 2.46. The van der Waals surface area contributed by atoms with Crippen LogP contribution in [0.15, 0.2) is 18.3 Å². The Morgan fingerprint density at radius 1 is 1.50 bits per heavy atom. The Kier molecular flexibility index (Phi) is 2.90. The molecule has 0 aromatic carbocycles. The van der Waals surface area contributed by atoms with Crippen LogP contribution in [0.3, 0.4) is 0 Å². The average molecular weight is 267 g/mol. The molecule has 2 aliphatic rings. The highest BCUT2D eigenvalue weighted by Gasteiger charge is 2.49. The number of rotatable bonds is 1. The van der Waals surface area contributed by atoms with E-state index in [2.05, 4.69) is 4.98 Å². The molecular weight excluding hydrogens is 252 g/mol. The number of hydrogen-bond acceptors (Lipinski definition) is 3. The molecule has 2 fully saturated rings. The van der Waals surface area contributed by atoms with Crippen molar-refractivity contribution in [2.75, 3.05) is 7.11 Å². The highest BCUT2D eigenvalue weighted by molar-refractivity contribution is 6.29. The fraction of sp³-hybridized carbons (Fsp3) is 0.538. The second kappa shape index (κ2) is 4.43. The summed E-state index contributed by atoms with van der Waals surface area (Å²) in [5.74, 6) is 0.368. The number of amides is 1. The van der Waals surface area contributed by atoms with Gasteiger partial charge < -0.3 is 9.64 Å². The molecule has 3 atom stereocenters. The van der Waals surface area contributed by atoms with E-state index in [4.69, 9.17) is 16.3 Å². The van der Waals surface area contributed by atoms with Gasteiger partial charge in [0.05, 0.1) is 7.11 Å². The van der Waals surface area contributed by atoms with E-state index in [-0.39, 0.29) is 12.1 Å². The van der Waals surface area contributed by atoms with Crippen molar-refractivity contribution in [3.63, 3.8) is 0 Å². The molecule has 1 amide bonds. The quantitative estimate of drug-likeness (QED) is 0.734. The predicted octanol–water partition coefficient (Wildman–Crippen LogP) is 2.82. The highest BCUT2D eigenvalue weighted by atomic mass is 35.5. The summed E-state index contributed by atoms with van der Waals surface area (Å²) in [6.07, 6.45) is 4.75. The van der Waals surface area contributed by atoms with Gasteiger partial charge in [-0.15, -0.1) is 0 Å². The summed E-state index contributed by atoms with van der Waals surface area (Å²) in [4.78, 5) is 17.8. The van der Waals surface area contributed by atoms with Crippen LogP contribution in [0.2, 0.25) is 5.15 Å². The number of halogens is 1. The summed E-state index contributed by atoms with van der Waals surface area (Å²) >= 11 is 5.80. The van der Waals surface area contributed by atoms with E-state index in [9.17, 15) is 4.79 Å². The normalized spacial score (nSPS) is 29.7. The number of carbonyl (C=O) groups excluding carboxylic acids is 1. The first-order chi connectivity index (χ1) is 8.70. The number of hydrogen-bond donors (Lipinski definition) is 0. The van der Waals surface area contributed by atoms with E-state index in [0.717, 1.165) is 19.3 Å². The number of nitrogens with zero attached hydrogens (tertiary/aromatic N) is 2. The largest absolute Gasteiger partial charge is 0.453 e. The van der Waals surface area contributed by atoms with Crippen LogP contribution in [-0.2, 0) is 4.74 Å². The van der Waals surface area contributed by atoms with E-state index in [0.29, 0.717) is 17.1 Å². The van der Waals surface area contributed by atoms with Crippen molar-refractivity contribution >= 4 is 17.7 Å². The summed E-state index contributed by atoms with van der Waals surface area (Å²) in [5.41, 5.74) is 1.17. The van der Waals surface area contributed by atoms with Crippen LogP contribution in [0, 0.1) is 0 Å². The minimum absolute atomic E-state index is 0.202. The maximum atomic E-state index is 11.8. The van der Waals surface area contributed by atoms with Gasteiger partial charge in [-0.25, -0.2) is 9.78 Å². The van der Waals surface area contributed by atoms with Gasteiger partial charge in [0.15, 0.2) is 0 Å². The molecule has 2 bridgehead atoms. The lowest BCUT2D eigenvalue weighted by atomic mass is 9.85. The van der Waals surface area contributed by atoms with Gasteiger partial charge in [0.1, 0.15) is 5.15 Å². The van der Waals surface area contributed by atoms with E-state index in [1.807, 2.05) is 23.2 Å². The van der Waals surface area contributed by atoms with Gasteiger partial charge in [0.2, 0.25) is 0 Å². The lowest BCUT2D eigenvalue weighted by Crippen LogP contribution is -2.36. The van der Waals surface area contributed by atoms with Gasteiger partial charge >= 0.3 is 6.09 Å². The predicted molar refractivity (Wildman–Crippen MR) is 67.7 cm³/mol. The van der Waals surface area contributed by atoms with Gasteiger partial charge in [-0.3, -0.25) is 0 Å². The standard InChI is InChI=1S/C13H15ClN2O2/c1-18-13(17)16-9-3-4-11(16)10(6-9)8-2-5-12(14)15-7-8/h2,5,7,9-11H,3-4,6H2,1H3. The Morgan fingerprint density at radius 2 is 2.33 bits per heavy atom. The lowest BCUT2D eigenvalue weighted by molar-refractivity contribution is 0.116. The molecule has 0 N–H and O–H groups in total. The fourth-order valence-corrected chi connectivity index (χ4v) is 3.46. The van der Waals surface area contributed by atoms with Crippen molar-refractivity contribution in [2.24, 2.45) is 0 Å². The average Bonchev–Trinajstić information content (AvgIpc) is 2.96. The fourth-order valence-electron chi connectivity index (χ4n) is 3.34. The molecule has 3 rings (SSSR count). The van der Waals surface area contributed by atoms with Crippen molar-refractivity contribution in [2.45, 2.75) is 37.3 Å². The van der Waals surface area contributed by atoms with E-state index in [1.165, 1.54) is 12.7 Å². The number of aromatic nitrogens is 1. The van der Waals surface area contributed by atoms with E-state index < -0.39 is 0 Å². The molecule has 3 heterocycles. The molecule has 0 aliphatic carbocycles. The molecule has 0 spiro atoms. The molecule has 1 aromatic heterocycles. The zero-order valence-corrected chi connectivity index (χ0v) is 10.9. The third-order valence-corrected chi connectivity index (χ3v) is 4.32. The third kappa shape index (κ3) is 1.75. The SMILES string of the molecule is COC(=O)N1C2CCC1C(c1ccc(Cl)nc1)C2. The number of carbonyl (C=O) groups is 1. The maximum absolute atomic E-state index is 11.8. The van der Waals surface area contributed by atoms with Gasteiger partial charge in [-0.1, -0.05) is 17.7 Å². The van der Waals surface area contributed by atoms with Crippen LogP contribution >= 0.6 is 11.6 Å². The molecule has 18 heavy (non-hydrogen) atoms. The van der Waals surface area contributed by atoms with E-state index in [1.54, 1.807) is 0 Å². The van der Waals surface area contributed by atoms with Crippen molar-refractivity contribution in [3.8, 4) is 0 Å². The number of methoxy groups -OCH3 is 1. The topological polar surface area (TPSA) is 42.4 Å². The van der Waals surface area contributed by atoms with Crippen molar-refractivity contribution in [1.82, 2.24) is 9.88 Å². The molecule has 5 heteroatoms. The second-order valence-electron chi connectivity index (χ2n) is 4.93. The smallest absolute Gasteiger partial charge is 0.410 e. The van der Waals surface area contributed by atoms with Crippen molar-refractivity contribution in [1.29, 1.82) is 0 Å². The van der Waals surface area contributed by atoms with Gasteiger partial charge in [-0.2, -0.15) is 0 Å². The van der Waals surface area contributed by atoms with Crippen LogP contribution in [-0.4, -0.2) is 35.2 Å². The monoisotopic (exact) mass is 266 g/mol. The second-order valence-corrected chi connectivity index (χ2v) is 5.32. The lowest BCUT2D eigenvalue weighted by Gasteiger charge is -2.23. The third-order valence-electron chi connectivity index (χ3n) is 4.10. The first kappa shape index (κ1) is 11.8. The molecule has 1 aromatic rings. The van der Waals surface area contributed by atoms with Crippen molar-refractivity contribution in [3.05, 3.63) is 29.0 Å². The van der Waals surface area contributed by atoms with Gasteiger partial charge in [0, 0.05) is 24.2 Å². The number of fused-ring (bicyclic) bond motifs is 2. The molecule has 0 saturated carbocycles. The Hall–Kier alpha value is -1.29. The zero-order valence-electron chi connectivity index (χ0n) is 10.2. The van der Waals surface area contributed by atoms with Crippen LogP contribution in [0.4, 0.5) is 4.79 Å². The Labute approximate surface area is 111 Å². The summed E-state index contributed by atoms with van der Waals surface area (Å²) < 4.78 is 4.87. The maximum Gasteiger partial charge on any atom is 0.410 e. The molecule has 2 aliphatic heterocycles. The first-order valence-electron chi connectivity index (χ1n) is 6.18. The molecule has 0 radical (unpaired) electrons. The van der Waals surface area contributed by atoms with Gasteiger partial charge in [0.25, 0.3) is 0 Å². The molecule has 4 nitrogen and oxygen atoms in total. The summed E-state index contributed by atoms with van der Waals surface area (Å²) in [5, 5.41) is 0.506. The number of pyridine rings is 1. The number of ether oxygens (including phenoxy) is 1. The van der Waals surface area contributed by atoms with Crippen LogP contribution < -0.4 is 0 Å². The molecular formula is C13H15ClN2O2. The first-order valence-corrected chi connectivity index (χ1v) is 6.56.